The summed E-state index contributed by atoms with van der Waals surface area (Å²) < 4.78 is 1.82. The second-order valence-corrected chi connectivity index (χ2v) is 4.79. The van der Waals surface area contributed by atoms with Gasteiger partial charge in [-0.15, -0.1) is 0 Å². The first-order valence-corrected chi connectivity index (χ1v) is 6.73. The average Bonchev–Trinajstić information content (AvgIpc) is 2.84. The average molecular weight is 272 g/mol. The van der Waals surface area contributed by atoms with Gasteiger partial charge in [-0.3, -0.25) is 9.48 Å². The molecule has 0 aliphatic heterocycles. The lowest BCUT2D eigenvalue weighted by atomic mass is 10.1. The highest BCUT2D eigenvalue weighted by atomic mass is 16.1. The fourth-order valence-corrected chi connectivity index (χ4v) is 2.01. The van der Waals surface area contributed by atoms with Crippen LogP contribution in [0.4, 0.5) is 5.69 Å². The second kappa shape index (κ2) is 6.75. The van der Waals surface area contributed by atoms with Crippen molar-refractivity contribution >= 4 is 11.6 Å². The summed E-state index contributed by atoms with van der Waals surface area (Å²) in [6, 6.07) is 9.59. The Morgan fingerprint density at radius 1 is 1.25 bits per heavy atom. The number of nitrogens with one attached hydrogen (secondary N) is 1. The number of nitrogens with two attached hydrogens (primary N) is 1. The number of aryl methyl sites for hydroxylation is 2. The van der Waals surface area contributed by atoms with Crippen molar-refractivity contribution in [2.24, 2.45) is 7.05 Å². The third kappa shape index (κ3) is 4.12. The molecule has 106 valence electrons. The molecular weight excluding hydrogens is 252 g/mol. The molecule has 0 aliphatic carbocycles. The SMILES string of the molecule is Cn1nccc1CCNC(=O)CCc1ccc(N)cc1. The Kier molecular flexibility index (Phi) is 4.76. The minimum Gasteiger partial charge on any atom is -0.399 e. The Bertz CT molecular complexity index is 560. The highest BCUT2D eigenvalue weighted by Gasteiger charge is 2.03. The van der Waals surface area contributed by atoms with E-state index in [9.17, 15) is 4.79 Å². The first-order chi connectivity index (χ1) is 9.65. The summed E-state index contributed by atoms with van der Waals surface area (Å²) in [5.74, 6) is 0.0731. The van der Waals surface area contributed by atoms with E-state index in [0.29, 0.717) is 13.0 Å². The van der Waals surface area contributed by atoms with Gasteiger partial charge in [0.1, 0.15) is 0 Å². The number of nitrogen functional groups attached to an aromatic ring is 1. The first-order valence-electron chi connectivity index (χ1n) is 6.73. The Morgan fingerprint density at radius 2 is 2.00 bits per heavy atom. The van der Waals surface area contributed by atoms with E-state index < -0.39 is 0 Å². The Hall–Kier alpha value is -2.30. The molecule has 5 heteroatoms. The number of hydrogen-bond acceptors (Lipinski definition) is 3. The van der Waals surface area contributed by atoms with E-state index in [2.05, 4.69) is 10.4 Å². The fraction of sp³-hybridized carbons (Fsp3) is 0.333. The third-order valence-corrected chi connectivity index (χ3v) is 3.25. The Morgan fingerprint density at radius 3 is 2.65 bits per heavy atom. The van der Waals surface area contributed by atoms with Crippen molar-refractivity contribution in [2.45, 2.75) is 19.3 Å². The molecule has 0 saturated heterocycles. The van der Waals surface area contributed by atoms with Crippen LogP contribution in [0.2, 0.25) is 0 Å². The number of carbonyl (C=O) groups is 1. The van der Waals surface area contributed by atoms with Gasteiger partial charge in [-0.25, -0.2) is 0 Å². The van der Waals surface area contributed by atoms with Crippen LogP contribution in [0.3, 0.4) is 0 Å². The molecule has 0 fully saturated rings. The molecule has 20 heavy (non-hydrogen) atoms. The molecule has 0 saturated carbocycles. The first kappa shape index (κ1) is 14.1. The van der Waals surface area contributed by atoms with Crippen molar-refractivity contribution in [1.29, 1.82) is 0 Å². The molecule has 2 rings (SSSR count). The second-order valence-electron chi connectivity index (χ2n) is 4.79. The third-order valence-electron chi connectivity index (χ3n) is 3.25. The molecule has 0 unspecified atom stereocenters. The molecule has 5 nitrogen and oxygen atoms in total. The lowest BCUT2D eigenvalue weighted by Gasteiger charge is -2.06. The smallest absolute Gasteiger partial charge is 0.220 e. The maximum atomic E-state index is 11.7. The number of benzene rings is 1. The van der Waals surface area contributed by atoms with Crippen LogP contribution in [0, 0.1) is 0 Å². The minimum absolute atomic E-state index is 0.0731. The van der Waals surface area contributed by atoms with Crippen molar-refractivity contribution in [3.8, 4) is 0 Å². The quantitative estimate of drug-likeness (QED) is 0.778. The van der Waals surface area contributed by atoms with E-state index in [1.807, 2.05) is 42.1 Å². The standard InChI is InChI=1S/C15H20N4O/c1-19-14(9-11-18-19)8-10-17-15(20)7-4-12-2-5-13(16)6-3-12/h2-3,5-6,9,11H,4,7-8,10,16H2,1H3,(H,17,20). The van der Waals surface area contributed by atoms with Gasteiger partial charge in [-0.2, -0.15) is 5.10 Å². The zero-order valence-electron chi connectivity index (χ0n) is 11.7. The summed E-state index contributed by atoms with van der Waals surface area (Å²) >= 11 is 0. The Labute approximate surface area is 118 Å². The molecular formula is C15H20N4O. The van der Waals surface area contributed by atoms with E-state index in [1.54, 1.807) is 6.20 Å². The number of nitrogens with zero attached hydrogens (tertiary/aromatic N) is 2. The van der Waals surface area contributed by atoms with Crippen LogP contribution < -0.4 is 11.1 Å². The maximum Gasteiger partial charge on any atom is 0.220 e. The van der Waals surface area contributed by atoms with Gasteiger partial charge < -0.3 is 11.1 Å². The van der Waals surface area contributed by atoms with E-state index in [1.165, 1.54) is 0 Å². The largest absolute Gasteiger partial charge is 0.399 e. The number of carbonyl (C=O) groups excluding carboxylic acids is 1. The van der Waals surface area contributed by atoms with E-state index in [0.717, 1.165) is 29.8 Å². The van der Waals surface area contributed by atoms with E-state index in [4.69, 9.17) is 5.73 Å². The molecule has 0 radical (unpaired) electrons. The van der Waals surface area contributed by atoms with Gasteiger partial charge in [0.15, 0.2) is 0 Å². The van der Waals surface area contributed by atoms with Crippen LogP contribution in [-0.4, -0.2) is 22.2 Å². The number of rotatable bonds is 6. The fourth-order valence-electron chi connectivity index (χ4n) is 2.01. The van der Waals surface area contributed by atoms with Gasteiger partial charge >= 0.3 is 0 Å². The summed E-state index contributed by atoms with van der Waals surface area (Å²) in [5, 5.41) is 7.02. The van der Waals surface area contributed by atoms with Gasteiger partial charge in [0.2, 0.25) is 5.91 Å². The predicted octanol–water partition coefficient (Wildman–Crippen LogP) is 1.29. The number of aromatic nitrogens is 2. The number of hydrogen-bond donors (Lipinski definition) is 2. The minimum atomic E-state index is 0.0731. The predicted molar refractivity (Wildman–Crippen MR) is 79.1 cm³/mol. The van der Waals surface area contributed by atoms with Crippen LogP contribution in [0.25, 0.3) is 0 Å². The van der Waals surface area contributed by atoms with Crippen LogP contribution in [0.5, 0.6) is 0 Å². The highest BCUT2D eigenvalue weighted by molar-refractivity contribution is 5.76. The van der Waals surface area contributed by atoms with Crippen molar-refractivity contribution in [2.75, 3.05) is 12.3 Å². The highest BCUT2D eigenvalue weighted by Crippen LogP contribution is 2.07. The van der Waals surface area contributed by atoms with E-state index in [-0.39, 0.29) is 5.91 Å². The van der Waals surface area contributed by atoms with E-state index >= 15 is 0 Å². The van der Waals surface area contributed by atoms with Crippen LogP contribution in [-0.2, 0) is 24.7 Å². The molecule has 3 N–H and O–H groups in total. The van der Waals surface area contributed by atoms with Gasteiger partial charge in [0.25, 0.3) is 0 Å². The lowest BCUT2D eigenvalue weighted by molar-refractivity contribution is -0.121. The van der Waals surface area contributed by atoms with Gasteiger partial charge in [0.05, 0.1) is 0 Å². The summed E-state index contributed by atoms with van der Waals surface area (Å²) in [6.45, 7) is 0.639. The molecule has 0 aliphatic rings. The van der Waals surface area contributed by atoms with Crippen LogP contribution >= 0.6 is 0 Å². The van der Waals surface area contributed by atoms with Crippen molar-refractivity contribution in [3.05, 3.63) is 47.8 Å². The monoisotopic (exact) mass is 272 g/mol. The van der Waals surface area contributed by atoms with Crippen LogP contribution in [0.15, 0.2) is 36.5 Å². The molecule has 0 atom stereocenters. The molecule has 1 heterocycles. The van der Waals surface area contributed by atoms with Crippen molar-refractivity contribution in [1.82, 2.24) is 15.1 Å². The van der Waals surface area contributed by atoms with Crippen molar-refractivity contribution in [3.63, 3.8) is 0 Å². The number of amides is 1. The lowest BCUT2D eigenvalue weighted by Crippen LogP contribution is -2.26. The van der Waals surface area contributed by atoms with Crippen LogP contribution in [0.1, 0.15) is 17.7 Å². The number of anilines is 1. The topological polar surface area (TPSA) is 72.9 Å². The molecule has 0 bridgehead atoms. The summed E-state index contributed by atoms with van der Waals surface area (Å²) in [7, 11) is 1.90. The summed E-state index contributed by atoms with van der Waals surface area (Å²) in [6.07, 6.45) is 3.79. The summed E-state index contributed by atoms with van der Waals surface area (Å²) in [5.41, 5.74) is 8.61. The van der Waals surface area contributed by atoms with Gasteiger partial charge in [0, 0.05) is 44.0 Å². The zero-order valence-corrected chi connectivity index (χ0v) is 11.7. The van der Waals surface area contributed by atoms with Gasteiger partial charge in [-0.1, -0.05) is 12.1 Å². The zero-order chi connectivity index (χ0) is 14.4. The normalized spacial score (nSPS) is 10.4. The molecule has 1 aromatic heterocycles. The molecule has 1 amide bonds. The molecule has 0 spiro atoms. The molecule has 2 aromatic rings. The summed E-state index contributed by atoms with van der Waals surface area (Å²) in [4.78, 5) is 11.7. The van der Waals surface area contributed by atoms with Crippen molar-refractivity contribution < 1.29 is 4.79 Å². The maximum absolute atomic E-state index is 11.7. The Balaban J connectivity index is 1.68. The molecule has 1 aromatic carbocycles. The van der Waals surface area contributed by atoms with Gasteiger partial charge in [-0.05, 0) is 30.2 Å².